The van der Waals surface area contributed by atoms with Gasteiger partial charge in [0.05, 0.1) is 7.11 Å². The van der Waals surface area contributed by atoms with Crippen LogP contribution in [0.3, 0.4) is 0 Å². The second-order valence-electron chi connectivity index (χ2n) is 6.93. The Morgan fingerprint density at radius 3 is 2.53 bits per heavy atom. The molecular formula is C21H23N7O2. The normalized spacial score (nSPS) is 14.7. The summed E-state index contributed by atoms with van der Waals surface area (Å²) < 4.78 is 6.78. The number of hydrogen-bond acceptors (Lipinski definition) is 7. The average Bonchev–Trinajstić information content (AvgIpc) is 3.23. The van der Waals surface area contributed by atoms with Crippen LogP contribution in [0, 0.1) is 6.92 Å². The van der Waals surface area contributed by atoms with Crippen LogP contribution < -0.4 is 9.64 Å². The Labute approximate surface area is 174 Å². The largest absolute Gasteiger partial charge is 0.497 e. The second kappa shape index (κ2) is 8.73. The summed E-state index contributed by atoms with van der Waals surface area (Å²) in [5.74, 6) is 1.16. The van der Waals surface area contributed by atoms with Crippen LogP contribution in [0.25, 0.3) is 11.8 Å². The minimum Gasteiger partial charge on any atom is -0.497 e. The van der Waals surface area contributed by atoms with E-state index in [-0.39, 0.29) is 5.91 Å². The summed E-state index contributed by atoms with van der Waals surface area (Å²) >= 11 is 0. The molecule has 0 unspecified atom stereocenters. The van der Waals surface area contributed by atoms with Crippen molar-refractivity contribution in [3.05, 3.63) is 60.2 Å². The number of tetrazole rings is 1. The molecule has 1 saturated heterocycles. The first-order valence-electron chi connectivity index (χ1n) is 9.71. The van der Waals surface area contributed by atoms with Crippen LogP contribution in [0.1, 0.15) is 11.4 Å². The zero-order valence-corrected chi connectivity index (χ0v) is 17.0. The second-order valence-corrected chi connectivity index (χ2v) is 6.93. The minimum absolute atomic E-state index is 0.109. The number of aryl methyl sites for hydroxylation is 1. The lowest BCUT2D eigenvalue weighted by atomic mass is 10.1. The van der Waals surface area contributed by atoms with Gasteiger partial charge in [-0.05, 0) is 53.3 Å². The van der Waals surface area contributed by atoms with Gasteiger partial charge in [-0.1, -0.05) is 12.1 Å². The summed E-state index contributed by atoms with van der Waals surface area (Å²) in [5.41, 5.74) is 2.35. The van der Waals surface area contributed by atoms with E-state index >= 15 is 0 Å². The number of carbonyl (C=O) groups excluding carboxylic acids is 1. The molecule has 3 aromatic rings. The first kappa shape index (κ1) is 19.6. The molecule has 154 valence electrons. The summed E-state index contributed by atoms with van der Waals surface area (Å²) in [6.45, 7) is 4.48. The first-order valence-corrected chi connectivity index (χ1v) is 9.71. The molecule has 0 N–H and O–H groups in total. The van der Waals surface area contributed by atoms with Gasteiger partial charge in [-0.2, -0.15) is 4.68 Å². The van der Waals surface area contributed by atoms with Crippen LogP contribution in [0.4, 0.5) is 5.69 Å². The number of hydrogen-bond donors (Lipinski definition) is 0. The molecule has 30 heavy (non-hydrogen) atoms. The topological polar surface area (TPSA) is 89.3 Å². The predicted octanol–water partition coefficient (Wildman–Crippen LogP) is 1.73. The molecule has 2 aromatic heterocycles. The monoisotopic (exact) mass is 405 g/mol. The van der Waals surface area contributed by atoms with Crippen molar-refractivity contribution in [2.75, 3.05) is 38.2 Å². The van der Waals surface area contributed by atoms with Gasteiger partial charge in [0, 0.05) is 44.3 Å². The molecule has 9 heteroatoms. The van der Waals surface area contributed by atoms with Gasteiger partial charge in [-0.3, -0.25) is 9.78 Å². The molecule has 1 aliphatic rings. The lowest BCUT2D eigenvalue weighted by Crippen LogP contribution is -2.49. The Balaban J connectivity index is 1.58. The van der Waals surface area contributed by atoms with E-state index in [1.54, 1.807) is 32.5 Å². The number of piperazine rings is 1. The molecule has 1 amide bonds. The Kier molecular flexibility index (Phi) is 5.69. The third-order valence-electron chi connectivity index (χ3n) is 5.06. The van der Waals surface area contributed by atoms with E-state index in [9.17, 15) is 4.79 Å². The fourth-order valence-electron chi connectivity index (χ4n) is 3.44. The molecular weight excluding hydrogens is 382 g/mol. The Morgan fingerprint density at radius 1 is 1.10 bits per heavy atom. The number of benzene rings is 1. The lowest BCUT2D eigenvalue weighted by Gasteiger charge is -2.36. The fraction of sp³-hybridized carbons (Fsp3) is 0.286. The number of carbonyl (C=O) groups is 1. The van der Waals surface area contributed by atoms with Crippen LogP contribution in [0.15, 0.2) is 48.8 Å². The van der Waals surface area contributed by atoms with E-state index in [1.165, 1.54) is 4.68 Å². The maximum absolute atomic E-state index is 13.4. The van der Waals surface area contributed by atoms with E-state index < -0.39 is 0 Å². The summed E-state index contributed by atoms with van der Waals surface area (Å²) in [6, 6.07) is 11.5. The van der Waals surface area contributed by atoms with Crippen molar-refractivity contribution in [1.29, 1.82) is 0 Å². The maximum atomic E-state index is 13.4. The van der Waals surface area contributed by atoms with Crippen LogP contribution in [0.2, 0.25) is 0 Å². The van der Waals surface area contributed by atoms with Gasteiger partial charge in [-0.15, -0.1) is 5.10 Å². The molecule has 0 atom stereocenters. The fourth-order valence-corrected chi connectivity index (χ4v) is 3.44. The highest BCUT2D eigenvalue weighted by atomic mass is 16.5. The first-order chi connectivity index (χ1) is 14.7. The Bertz CT molecular complexity index is 1040. The van der Waals surface area contributed by atoms with Gasteiger partial charge in [-0.25, -0.2) is 0 Å². The molecule has 3 heterocycles. The number of methoxy groups -OCH3 is 1. The zero-order chi connectivity index (χ0) is 20.9. The number of aromatic nitrogens is 5. The van der Waals surface area contributed by atoms with Gasteiger partial charge in [0.25, 0.3) is 5.91 Å². The van der Waals surface area contributed by atoms with Crippen molar-refractivity contribution >= 4 is 23.4 Å². The van der Waals surface area contributed by atoms with E-state index in [2.05, 4.69) is 25.4 Å². The smallest absolute Gasteiger partial charge is 0.272 e. The van der Waals surface area contributed by atoms with Crippen LogP contribution in [-0.2, 0) is 4.79 Å². The van der Waals surface area contributed by atoms with Crippen molar-refractivity contribution in [3.8, 4) is 5.75 Å². The van der Waals surface area contributed by atoms with Gasteiger partial charge in [0.15, 0.2) is 5.82 Å². The SMILES string of the molecule is COc1cccc(/C=C(/C(=O)N2CCN(c3ccncc3)CC2)n2nnnc2C)c1. The van der Waals surface area contributed by atoms with Gasteiger partial charge in [0.2, 0.25) is 0 Å². The molecule has 0 saturated carbocycles. The summed E-state index contributed by atoms with van der Waals surface area (Å²) in [4.78, 5) is 21.6. The van der Waals surface area contributed by atoms with Crippen molar-refractivity contribution in [1.82, 2.24) is 30.1 Å². The van der Waals surface area contributed by atoms with E-state index in [1.807, 2.05) is 41.3 Å². The third kappa shape index (κ3) is 4.14. The van der Waals surface area contributed by atoms with Gasteiger partial charge in [0.1, 0.15) is 11.4 Å². The molecule has 1 aliphatic heterocycles. The van der Waals surface area contributed by atoms with Gasteiger partial charge < -0.3 is 14.5 Å². The average molecular weight is 405 g/mol. The Morgan fingerprint density at radius 2 is 1.87 bits per heavy atom. The number of pyridine rings is 1. The molecule has 9 nitrogen and oxygen atoms in total. The highest BCUT2D eigenvalue weighted by Gasteiger charge is 2.26. The summed E-state index contributed by atoms with van der Waals surface area (Å²) in [5, 5.41) is 11.7. The molecule has 4 rings (SSSR count). The molecule has 0 spiro atoms. The number of rotatable bonds is 5. The van der Waals surface area contributed by atoms with Crippen molar-refractivity contribution in [2.45, 2.75) is 6.92 Å². The molecule has 1 fully saturated rings. The Hall–Kier alpha value is -3.75. The van der Waals surface area contributed by atoms with Crippen LogP contribution >= 0.6 is 0 Å². The highest BCUT2D eigenvalue weighted by molar-refractivity contribution is 6.18. The lowest BCUT2D eigenvalue weighted by molar-refractivity contribution is -0.125. The molecule has 1 aromatic carbocycles. The standard InChI is InChI=1S/C21H23N7O2/c1-16-23-24-25-28(16)20(15-17-4-3-5-19(14-17)30-2)21(29)27-12-10-26(11-13-27)18-6-8-22-9-7-18/h3-9,14-15H,10-13H2,1-2H3/b20-15-. The van der Waals surface area contributed by atoms with Crippen molar-refractivity contribution in [3.63, 3.8) is 0 Å². The van der Waals surface area contributed by atoms with Crippen LogP contribution in [-0.4, -0.2) is 69.3 Å². The summed E-state index contributed by atoms with van der Waals surface area (Å²) in [7, 11) is 1.61. The van der Waals surface area contributed by atoms with Crippen molar-refractivity contribution < 1.29 is 9.53 Å². The number of ether oxygens (including phenoxy) is 1. The zero-order valence-electron chi connectivity index (χ0n) is 17.0. The molecule has 0 aliphatic carbocycles. The highest BCUT2D eigenvalue weighted by Crippen LogP contribution is 2.21. The van der Waals surface area contributed by atoms with E-state index in [0.717, 1.165) is 30.1 Å². The maximum Gasteiger partial charge on any atom is 0.272 e. The van der Waals surface area contributed by atoms with Crippen molar-refractivity contribution in [2.24, 2.45) is 0 Å². The third-order valence-corrected chi connectivity index (χ3v) is 5.06. The number of anilines is 1. The van der Waals surface area contributed by atoms with Crippen LogP contribution in [0.5, 0.6) is 5.75 Å². The van der Waals surface area contributed by atoms with E-state index in [0.29, 0.717) is 24.6 Å². The predicted molar refractivity (Wildman–Crippen MR) is 113 cm³/mol. The minimum atomic E-state index is -0.109. The molecule has 0 radical (unpaired) electrons. The number of amides is 1. The summed E-state index contributed by atoms with van der Waals surface area (Å²) in [6.07, 6.45) is 5.36. The van der Waals surface area contributed by atoms with Gasteiger partial charge >= 0.3 is 0 Å². The number of nitrogens with zero attached hydrogens (tertiary/aromatic N) is 7. The van der Waals surface area contributed by atoms with E-state index in [4.69, 9.17) is 4.74 Å². The molecule has 0 bridgehead atoms. The quantitative estimate of drug-likeness (QED) is 0.597.